The van der Waals surface area contributed by atoms with Crippen LogP contribution in [0, 0.1) is 30.9 Å². The molecule has 1 aliphatic heterocycles. The van der Waals surface area contributed by atoms with Gasteiger partial charge in [-0.25, -0.2) is 0 Å². The molecular weight excluding hydrogens is 464 g/mol. The Bertz CT molecular complexity index is 1420. The van der Waals surface area contributed by atoms with Crippen LogP contribution in [-0.2, 0) is 16.0 Å². The van der Waals surface area contributed by atoms with E-state index in [2.05, 4.69) is 5.32 Å². The number of rotatable bonds is 5. The number of aryl methyl sites for hydroxylation is 3. The van der Waals surface area contributed by atoms with Crippen LogP contribution in [0.15, 0.2) is 54.1 Å². The first-order valence-corrected chi connectivity index (χ1v) is 11.5. The highest BCUT2D eigenvalue weighted by molar-refractivity contribution is 7.80. The standard InChI is InChI=1S/C26H24N4O4S/c1-5-18-6-8-20(9-7-18)29-25(32)22(24(31)27-26(29)35)14-19-13-16(3)28(17(19)4)23-11-10-21(30(33)34)12-15(23)2/h6-14H,5H2,1-4H3,(H,27,31,35). The SMILES string of the molecule is CCc1ccc(N2C(=O)C(=Cc3cc(C)n(-c4ccc([N+](=O)[O-])cc4C)c3C)C(=O)NC2=S)cc1. The lowest BCUT2D eigenvalue weighted by Gasteiger charge is -2.29. The summed E-state index contributed by atoms with van der Waals surface area (Å²) >= 11 is 5.29. The fourth-order valence-electron chi connectivity index (χ4n) is 4.24. The molecule has 1 N–H and O–H groups in total. The van der Waals surface area contributed by atoms with Crippen LogP contribution in [0.4, 0.5) is 11.4 Å². The number of anilines is 1. The van der Waals surface area contributed by atoms with Crippen molar-refractivity contribution in [3.8, 4) is 5.69 Å². The summed E-state index contributed by atoms with van der Waals surface area (Å²) in [6.07, 6.45) is 2.43. The third-order valence-electron chi connectivity index (χ3n) is 6.11. The van der Waals surface area contributed by atoms with E-state index >= 15 is 0 Å². The Morgan fingerprint density at radius 2 is 1.74 bits per heavy atom. The maximum absolute atomic E-state index is 13.4. The van der Waals surface area contributed by atoms with Crippen LogP contribution in [0.3, 0.4) is 0 Å². The molecule has 0 atom stereocenters. The van der Waals surface area contributed by atoms with E-state index in [0.29, 0.717) is 11.3 Å². The molecular formula is C26H24N4O4S. The molecule has 0 bridgehead atoms. The van der Waals surface area contributed by atoms with Crippen molar-refractivity contribution in [3.63, 3.8) is 0 Å². The highest BCUT2D eigenvalue weighted by Gasteiger charge is 2.34. The van der Waals surface area contributed by atoms with Crippen molar-refractivity contribution >= 4 is 46.6 Å². The molecule has 9 heteroatoms. The average Bonchev–Trinajstić information content (AvgIpc) is 3.09. The molecule has 1 aliphatic rings. The van der Waals surface area contributed by atoms with E-state index in [1.807, 2.05) is 43.5 Å². The highest BCUT2D eigenvalue weighted by Crippen LogP contribution is 2.28. The average molecular weight is 489 g/mol. The van der Waals surface area contributed by atoms with Gasteiger partial charge in [-0.05, 0) is 86.4 Å². The lowest BCUT2D eigenvalue weighted by Crippen LogP contribution is -2.54. The normalized spacial score (nSPS) is 15.0. The number of carbonyl (C=O) groups is 2. The lowest BCUT2D eigenvalue weighted by molar-refractivity contribution is -0.384. The largest absolute Gasteiger partial charge is 0.318 e. The molecule has 1 aromatic heterocycles. The van der Waals surface area contributed by atoms with Gasteiger partial charge in [0.05, 0.1) is 10.6 Å². The number of amides is 2. The minimum atomic E-state index is -0.558. The summed E-state index contributed by atoms with van der Waals surface area (Å²) in [5.41, 5.74) is 5.55. The van der Waals surface area contributed by atoms with Gasteiger partial charge in [0.1, 0.15) is 5.57 Å². The number of non-ortho nitro benzene ring substituents is 1. The number of hydrogen-bond acceptors (Lipinski definition) is 5. The zero-order valence-corrected chi connectivity index (χ0v) is 20.6. The third-order valence-corrected chi connectivity index (χ3v) is 6.39. The second-order valence-corrected chi connectivity index (χ2v) is 8.75. The van der Waals surface area contributed by atoms with Crippen LogP contribution in [0.25, 0.3) is 11.8 Å². The predicted molar refractivity (Wildman–Crippen MR) is 139 cm³/mol. The summed E-state index contributed by atoms with van der Waals surface area (Å²) in [4.78, 5) is 38.1. The van der Waals surface area contributed by atoms with Crippen molar-refractivity contribution < 1.29 is 14.5 Å². The van der Waals surface area contributed by atoms with Crippen molar-refractivity contribution in [2.45, 2.75) is 34.1 Å². The van der Waals surface area contributed by atoms with Gasteiger partial charge in [-0.3, -0.25) is 29.9 Å². The van der Waals surface area contributed by atoms with Crippen LogP contribution in [0.1, 0.15) is 35.0 Å². The van der Waals surface area contributed by atoms with Gasteiger partial charge in [0.2, 0.25) is 0 Å². The van der Waals surface area contributed by atoms with E-state index in [9.17, 15) is 19.7 Å². The minimum absolute atomic E-state index is 0.0172. The zero-order valence-electron chi connectivity index (χ0n) is 19.8. The van der Waals surface area contributed by atoms with Gasteiger partial charge >= 0.3 is 0 Å². The second kappa shape index (κ2) is 9.27. The molecule has 2 aromatic carbocycles. The summed E-state index contributed by atoms with van der Waals surface area (Å²) in [5, 5.41) is 13.8. The van der Waals surface area contributed by atoms with Crippen LogP contribution >= 0.6 is 12.2 Å². The van der Waals surface area contributed by atoms with Crippen LogP contribution in [-0.4, -0.2) is 26.4 Å². The Morgan fingerprint density at radius 3 is 2.34 bits per heavy atom. The van der Waals surface area contributed by atoms with Gasteiger partial charge in [0.25, 0.3) is 17.5 Å². The molecule has 4 rings (SSSR count). The molecule has 1 fully saturated rings. The molecule has 0 saturated carbocycles. The monoisotopic (exact) mass is 488 g/mol. The van der Waals surface area contributed by atoms with E-state index < -0.39 is 16.7 Å². The molecule has 8 nitrogen and oxygen atoms in total. The highest BCUT2D eigenvalue weighted by atomic mass is 32.1. The summed E-state index contributed by atoms with van der Waals surface area (Å²) in [6, 6.07) is 14.0. The number of nitrogens with zero attached hydrogens (tertiary/aromatic N) is 3. The Morgan fingerprint density at radius 1 is 1.06 bits per heavy atom. The lowest BCUT2D eigenvalue weighted by atomic mass is 10.1. The van der Waals surface area contributed by atoms with E-state index in [4.69, 9.17) is 12.2 Å². The van der Waals surface area contributed by atoms with E-state index in [-0.39, 0.29) is 16.4 Å². The molecule has 178 valence electrons. The number of aromatic nitrogens is 1. The Kier molecular flexibility index (Phi) is 6.36. The number of benzene rings is 2. The molecule has 0 aliphatic carbocycles. The molecule has 3 aromatic rings. The smallest absolute Gasteiger partial charge is 0.270 e. The number of nitro benzene ring substituents is 1. The topological polar surface area (TPSA) is 97.5 Å². The van der Waals surface area contributed by atoms with E-state index in [1.165, 1.54) is 17.0 Å². The van der Waals surface area contributed by atoms with Gasteiger partial charge < -0.3 is 4.57 Å². The van der Waals surface area contributed by atoms with Gasteiger partial charge in [0.15, 0.2) is 5.11 Å². The van der Waals surface area contributed by atoms with Crippen molar-refractivity contribution in [3.05, 3.63) is 92.3 Å². The Labute approximate surface area is 208 Å². The quantitative estimate of drug-likeness (QED) is 0.185. The maximum atomic E-state index is 13.4. The van der Waals surface area contributed by atoms with Crippen LogP contribution in [0.2, 0.25) is 0 Å². The number of nitrogens with one attached hydrogen (secondary N) is 1. The molecule has 1 saturated heterocycles. The number of nitro groups is 1. The maximum Gasteiger partial charge on any atom is 0.270 e. The summed E-state index contributed by atoms with van der Waals surface area (Å²) in [7, 11) is 0. The van der Waals surface area contributed by atoms with Crippen molar-refractivity contribution in [2.75, 3.05) is 4.90 Å². The fraction of sp³-hybridized carbons (Fsp3) is 0.192. The van der Waals surface area contributed by atoms with Crippen LogP contribution in [0.5, 0.6) is 0 Å². The fourth-order valence-corrected chi connectivity index (χ4v) is 4.52. The molecule has 2 amide bonds. The van der Waals surface area contributed by atoms with Gasteiger partial charge in [0, 0.05) is 29.2 Å². The second-order valence-electron chi connectivity index (χ2n) is 8.37. The van der Waals surface area contributed by atoms with Gasteiger partial charge in [-0.1, -0.05) is 19.1 Å². The summed E-state index contributed by atoms with van der Waals surface area (Å²) in [5.74, 6) is -1.06. The summed E-state index contributed by atoms with van der Waals surface area (Å²) < 4.78 is 1.95. The van der Waals surface area contributed by atoms with Crippen molar-refractivity contribution in [2.24, 2.45) is 0 Å². The first kappa shape index (κ1) is 24.0. The first-order valence-electron chi connectivity index (χ1n) is 11.1. The molecule has 2 heterocycles. The van der Waals surface area contributed by atoms with E-state index in [1.54, 1.807) is 31.2 Å². The van der Waals surface area contributed by atoms with Crippen molar-refractivity contribution in [1.29, 1.82) is 0 Å². The van der Waals surface area contributed by atoms with Gasteiger partial charge in [-0.15, -0.1) is 0 Å². The molecule has 0 radical (unpaired) electrons. The number of thiocarbonyl (C=S) groups is 1. The van der Waals surface area contributed by atoms with E-state index in [0.717, 1.165) is 34.6 Å². The Hall–Kier alpha value is -4.11. The number of hydrogen-bond donors (Lipinski definition) is 1. The molecule has 35 heavy (non-hydrogen) atoms. The van der Waals surface area contributed by atoms with Gasteiger partial charge in [-0.2, -0.15) is 0 Å². The zero-order chi connectivity index (χ0) is 25.4. The molecule has 0 unspecified atom stereocenters. The minimum Gasteiger partial charge on any atom is -0.318 e. The number of carbonyl (C=O) groups excluding carboxylic acids is 2. The Balaban J connectivity index is 1.74. The summed E-state index contributed by atoms with van der Waals surface area (Å²) in [6.45, 7) is 7.62. The third kappa shape index (κ3) is 4.38. The predicted octanol–water partition coefficient (Wildman–Crippen LogP) is 4.70. The van der Waals surface area contributed by atoms with Crippen molar-refractivity contribution in [1.82, 2.24) is 9.88 Å². The molecule has 0 spiro atoms. The van der Waals surface area contributed by atoms with Crippen LogP contribution < -0.4 is 10.2 Å². The first-order chi connectivity index (χ1) is 16.6.